The lowest BCUT2D eigenvalue weighted by atomic mass is 9.90. The molecule has 2 aromatic rings. The lowest BCUT2D eigenvalue weighted by Gasteiger charge is -2.28. The quantitative estimate of drug-likeness (QED) is 0.749. The van der Waals surface area contributed by atoms with Crippen LogP contribution in [0.4, 0.5) is 0 Å². The molecular weight excluding hydrogens is 348 g/mol. The van der Waals surface area contributed by atoms with Crippen molar-refractivity contribution in [1.82, 2.24) is 5.32 Å². The molecule has 1 amide bonds. The zero-order chi connectivity index (χ0) is 20.2. The number of para-hydroxylation sites is 1. The lowest BCUT2D eigenvalue weighted by Crippen LogP contribution is -2.52. The van der Waals surface area contributed by atoms with Crippen molar-refractivity contribution in [2.24, 2.45) is 5.92 Å². The molecule has 0 saturated heterocycles. The van der Waals surface area contributed by atoms with E-state index in [1.165, 1.54) is 14.0 Å². The molecule has 0 fully saturated rings. The van der Waals surface area contributed by atoms with Crippen molar-refractivity contribution in [3.05, 3.63) is 35.6 Å². The Morgan fingerprint density at radius 2 is 1.96 bits per heavy atom. The minimum atomic E-state index is -1.09. The highest BCUT2D eigenvalue weighted by molar-refractivity contribution is 5.97. The van der Waals surface area contributed by atoms with E-state index in [1.807, 2.05) is 26.0 Å². The van der Waals surface area contributed by atoms with Crippen LogP contribution in [0.1, 0.15) is 43.8 Å². The van der Waals surface area contributed by atoms with Crippen LogP contribution < -0.4 is 5.32 Å². The average Bonchev–Trinajstić information content (AvgIpc) is 3.00. The molecule has 0 unspecified atom stereocenters. The van der Waals surface area contributed by atoms with Gasteiger partial charge < -0.3 is 19.2 Å². The van der Waals surface area contributed by atoms with E-state index in [0.29, 0.717) is 11.1 Å². The molecule has 1 heterocycles. The summed E-state index contributed by atoms with van der Waals surface area (Å²) in [7, 11) is 1.52. The molecule has 0 saturated carbocycles. The predicted octanol–water partition coefficient (Wildman–Crippen LogP) is 3.18. The maximum atomic E-state index is 12.6. The van der Waals surface area contributed by atoms with E-state index < -0.39 is 23.5 Å². The van der Waals surface area contributed by atoms with Crippen LogP contribution in [0, 0.1) is 17.2 Å². The third-order valence-electron chi connectivity index (χ3n) is 4.60. The Kier molecular flexibility index (Phi) is 6.24. The average molecular weight is 372 g/mol. The van der Waals surface area contributed by atoms with Crippen LogP contribution in [-0.2, 0) is 20.9 Å². The van der Waals surface area contributed by atoms with E-state index in [4.69, 9.17) is 13.9 Å². The second-order valence-corrected chi connectivity index (χ2v) is 6.84. The molecule has 0 radical (unpaired) electrons. The Morgan fingerprint density at radius 3 is 2.56 bits per heavy atom. The summed E-state index contributed by atoms with van der Waals surface area (Å²) < 4.78 is 16.1. The van der Waals surface area contributed by atoms with Crippen LogP contribution in [0.15, 0.2) is 28.7 Å². The van der Waals surface area contributed by atoms with Crippen molar-refractivity contribution in [2.75, 3.05) is 7.11 Å². The van der Waals surface area contributed by atoms with E-state index in [1.54, 1.807) is 19.1 Å². The first-order valence-electron chi connectivity index (χ1n) is 8.67. The number of methoxy groups -OCH3 is 1. The van der Waals surface area contributed by atoms with E-state index in [9.17, 15) is 14.9 Å². The zero-order valence-corrected chi connectivity index (χ0v) is 16.2. The third-order valence-corrected chi connectivity index (χ3v) is 4.60. The number of ether oxygens (including phenoxy) is 2. The number of nitrogens with zero attached hydrogens (tertiary/aromatic N) is 1. The van der Waals surface area contributed by atoms with E-state index >= 15 is 0 Å². The first kappa shape index (κ1) is 20.5. The molecule has 1 aromatic heterocycles. The molecule has 1 N–H and O–H groups in total. The number of fused-ring (bicyclic) bond motifs is 1. The van der Waals surface area contributed by atoms with E-state index in [2.05, 4.69) is 11.4 Å². The molecule has 0 aliphatic carbocycles. The first-order valence-corrected chi connectivity index (χ1v) is 8.67. The Balaban J connectivity index is 2.19. The van der Waals surface area contributed by atoms with Gasteiger partial charge in [-0.15, -0.1) is 0 Å². The second kappa shape index (κ2) is 8.23. The van der Waals surface area contributed by atoms with Gasteiger partial charge in [0.2, 0.25) is 5.76 Å². The number of carbonyl (C=O) groups excluding carboxylic acids is 2. The van der Waals surface area contributed by atoms with Gasteiger partial charge in [0.25, 0.3) is 5.91 Å². The summed E-state index contributed by atoms with van der Waals surface area (Å²) in [6, 6.07) is 9.27. The molecule has 27 heavy (non-hydrogen) atoms. The number of carbonyl (C=O) groups is 2. The maximum Gasteiger partial charge on any atom is 0.375 e. The van der Waals surface area contributed by atoms with Crippen LogP contribution in [0.2, 0.25) is 0 Å². The Bertz CT molecular complexity index is 880. The number of rotatable bonds is 7. The minimum Gasteiger partial charge on any atom is -0.449 e. The van der Waals surface area contributed by atoms with Crippen molar-refractivity contribution in [2.45, 2.75) is 45.9 Å². The van der Waals surface area contributed by atoms with Gasteiger partial charge in [-0.1, -0.05) is 32.0 Å². The standard InChI is InChI=1S/C20H24N2O5/c1-12(2)20(4,11-21)22-18(23)13(3)26-19(24)17-15(10-25-5)14-8-6-7-9-16(14)27-17/h6-9,12-13H,10H2,1-5H3,(H,22,23)/t13-,20+/m0/s1. The summed E-state index contributed by atoms with van der Waals surface area (Å²) in [5.74, 6) is -1.42. The van der Waals surface area contributed by atoms with Gasteiger partial charge in [0.05, 0.1) is 12.7 Å². The Labute approximate surface area is 158 Å². The summed E-state index contributed by atoms with van der Waals surface area (Å²) in [6.45, 7) is 6.89. The summed E-state index contributed by atoms with van der Waals surface area (Å²) in [6.07, 6.45) is -1.09. The van der Waals surface area contributed by atoms with Crippen LogP contribution in [0.5, 0.6) is 0 Å². The Morgan fingerprint density at radius 1 is 1.30 bits per heavy atom. The molecule has 2 atom stereocenters. The van der Waals surface area contributed by atoms with Crippen LogP contribution >= 0.6 is 0 Å². The van der Waals surface area contributed by atoms with Crippen molar-refractivity contribution in [3.8, 4) is 6.07 Å². The number of amides is 1. The fraction of sp³-hybridized carbons (Fsp3) is 0.450. The molecular formula is C20H24N2O5. The molecule has 0 bridgehead atoms. The lowest BCUT2D eigenvalue weighted by molar-refractivity contribution is -0.130. The molecule has 1 aromatic carbocycles. The monoisotopic (exact) mass is 372 g/mol. The van der Waals surface area contributed by atoms with Crippen molar-refractivity contribution < 1.29 is 23.5 Å². The molecule has 0 aliphatic heterocycles. The summed E-state index contributed by atoms with van der Waals surface area (Å²) in [4.78, 5) is 25.0. The highest BCUT2D eigenvalue weighted by atomic mass is 16.6. The van der Waals surface area contributed by atoms with Gasteiger partial charge in [-0.3, -0.25) is 4.79 Å². The highest BCUT2D eigenvalue weighted by Gasteiger charge is 2.33. The number of furan rings is 1. The summed E-state index contributed by atoms with van der Waals surface area (Å²) in [5, 5.41) is 12.7. The number of hydrogen-bond acceptors (Lipinski definition) is 6. The number of hydrogen-bond donors (Lipinski definition) is 1. The van der Waals surface area contributed by atoms with Gasteiger partial charge in [0, 0.05) is 18.1 Å². The van der Waals surface area contributed by atoms with E-state index in [-0.39, 0.29) is 18.3 Å². The van der Waals surface area contributed by atoms with Gasteiger partial charge in [0.1, 0.15) is 11.1 Å². The van der Waals surface area contributed by atoms with Gasteiger partial charge in [-0.2, -0.15) is 5.26 Å². The zero-order valence-electron chi connectivity index (χ0n) is 16.2. The normalized spacial score (nSPS) is 14.4. The SMILES string of the molecule is COCc1c(C(=O)O[C@@H](C)C(=O)N[C@](C)(C#N)C(C)C)oc2ccccc12. The second-order valence-electron chi connectivity index (χ2n) is 6.84. The Hall–Kier alpha value is -2.85. The van der Waals surface area contributed by atoms with Gasteiger partial charge in [0.15, 0.2) is 6.10 Å². The highest BCUT2D eigenvalue weighted by Crippen LogP contribution is 2.27. The van der Waals surface area contributed by atoms with Crippen molar-refractivity contribution in [1.29, 1.82) is 5.26 Å². The third kappa shape index (κ3) is 4.29. The molecule has 2 rings (SSSR count). The van der Waals surface area contributed by atoms with Gasteiger partial charge in [-0.05, 0) is 25.8 Å². The van der Waals surface area contributed by atoms with Crippen molar-refractivity contribution in [3.63, 3.8) is 0 Å². The summed E-state index contributed by atoms with van der Waals surface area (Å²) in [5.41, 5.74) is 0.0402. The smallest absolute Gasteiger partial charge is 0.375 e. The van der Waals surface area contributed by atoms with Crippen LogP contribution in [0.3, 0.4) is 0 Å². The molecule has 144 valence electrons. The first-order chi connectivity index (χ1) is 12.7. The van der Waals surface area contributed by atoms with E-state index in [0.717, 1.165) is 5.39 Å². The number of nitrogens with one attached hydrogen (secondary N) is 1. The predicted molar refractivity (Wildman–Crippen MR) is 98.8 cm³/mol. The maximum absolute atomic E-state index is 12.6. The largest absolute Gasteiger partial charge is 0.449 e. The van der Waals surface area contributed by atoms with Gasteiger partial charge in [-0.25, -0.2) is 4.79 Å². The van der Waals surface area contributed by atoms with Crippen molar-refractivity contribution >= 4 is 22.8 Å². The molecule has 7 heteroatoms. The molecule has 0 spiro atoms. The number of esters is 1. The number of benzene rings is 1. The fourth-order valence-electron chi connectivity index (χ4n) is 2.48. The van der Waals surface area contributed by atoms with Gasteiger partial charge >= 0.3 is 5.97 Å². The molecule has 7 nitrogen and oxygen atoms in total. The topological polar surface area (TPSA) is 102 Å². The fourth-order valence-corrected chi connectivity index (χ4v) is 2.48. The number of nitriles is 1. The molecule has 0 aliphatic rings. The minimum absolute atomic E-state index is 0.00426. The van der Waals surface area contributed by atoms with Crippen LogP contribution in [-0.4, -0.2) is 30.6 Å². The summed E-state index contributed by atoms with van der Waals surface area (Å²) >= 11 is 0. The van der Waals surface area contributed by atoms with Crippen LogP contribution in [0.25, 0.3) is 11.0 Å².